The summed E-state index contributed by atoms with van der Waals surface area (Å²) in [5.74, 6) is -0.913. The average Bonchev–Trinajstić information content (AvgIpc) is 3.09. The number of anilines is 1. The quantitative estimate of drug-likeness (QED) is 0.556. The zero-order valence-electron chi connectivity index (χ0n) is 18.2. The maximum Gasteiger partial charge on any atom is 0.294 e. The first-order valence-corrected chi connectivity index (χ1v) is 10.8. The number of aliphatic hydroxyl groups is 1. The van der Waals surface area contributed by atoms with Crippen LogP contribution in [0.2, 0.25) is 0 Å². The summed E-state index contributed by atoms with van der Waals surface area (Å²) in [7, 11) is 0. The fourth-order valence-electron chi connectivity index (χ4n) is 4.07. The second-order valence-electron chi connectivity index (χ2n) is 8.28. The maximum atomic E-state index is 13.3. The molecular formula is C27H26N2O3. The van der Waals surface area contributed by atoms with Gasteiger partial charge >= 0.3 is 0 Å². The van der Waals surface area contributed by atoms with Gasteiger partial charge in [0.1, 0.15) is 0 Å². The average molecular weight is 427 g/mol. The number of rotatable bonds is 7. The van der Waals surface area contributed by atoms with Crippen LogP contribution in [-0.2, 0) is 16.0 Å². The Kier molecular flexibility index (Phi) is 6.17. The van der Waals surface area contributed by atoms with Crippen LogP contribution in [0.4, 0.5) is 5.69 Å². The highest BCUT2D eigenvalue weighted by molar-refractivity contribution is 6.16. The molecule has 0 fully saturated rings. The predicted molar refractivity (Wildman–Crippen MR) is 124 cm³/mol. The topological polar surface area (TPSA) is 70.5 Å². The highest BCUT2D eigenvalue weighted by atomic mass is 16.3. The minimum absolute atomic E-state index is 0.144. The number of aromatic nitrogens is 1. The monoisotopic (exact) mass is 426 g/mol. The lowest BCUT2D eigenvalue weighted by atomic mass is 9.93. The number of carbonyl (C=O) groups excluding carboxylic acids is 2. The summed E-state index contributed by atoms with van der Waals surface area (Å²) in [6, 6.07) is 20.2. The Bertz CT molecular complexity index is 1140. The van der Waals surface area contributed by atoms with E-state index in [4.69, 9.17) is 0 Å². The molecule has 1 unspecified atom stereocenters. The van der Waals surface area contributed by atoms with E-state index in [1.807, 2.05) is 54.6 Å². The van der Waals surface area contributed by atoms with Crippen molar-refractivity contribution in [1.82, 2.24) is 4.98 Å². The van der Waals surface area contributed by atoms with Crippen molar-refractivity contribution in [3.05, 3.63) is 107 Å². The Morgan fingerprint density at radius 3 is 2.28 bits per heavy atom. The molecule has 5 nitrogen and oxygen atoms in total. The first-order valence-electron chi connectivity index (χ1n) is 10.8. The molecule has 1 aliphatic heterocycles. The second-order valence-corrected chi connectivity index (χ2v) is 8.28. The van der Waals surface area contributed by atoms with Crippen molar-refractivity contribution in [2.24, 2.45) is 0 Å². The van der Waals surface area contributed by atoms with Crippen LogP contribution in [0.15, 0.2) is 90.5 Å². The van der Waals surface area contributed by atoms with Gasteiger partial charge in [0.2, 0.25) is 0 Å². The number of ketones is 1. The van der Waals surface area contributed by atoms with E-state index in [1.165, 1.54) is 4.90 Å². The summed E-state index contributed by atoms with van der Waals surface area (Å²) in [5, 5.41) is 10.8. The van der Waals surface area contributed by atoms with Crippen molar-refractivity contribution in [1.29, 1.82) is 0 Å². The molecule has 2 heterocycles. The van der Waals surface area contributed by atoms with Crippen LogP contribution in [-0.4, -0.2) is 21.8 Å². The largest absolute Gasteiger partial charge is 0.503 e. The van der Waals surface area contributed by atoms with Crippen LogP contribution in [0, 0.1) is 0 Å². The summed E-state index contributed by atoms with van der Waals surface area (Å²) in [6.45, 7) is 4.21. The van der Waals surface area contributed by atoms with Crippen LogP contribution in [0.3, 0.4) is 0 Å². The van der Waals surface area contributed by atoms with Crippen molar-refractivity contribution in [3.63, 3.8) is 0 Å². The summed E-state index contributed by atoms with van der Waals surface area (Å²) < 4.78 is 0. The number of nitrogens with zero attached hydrogens (tertiary/aromatic N) is 2. The van der Waals surface area contributed by atoms with E-state index in [2.05, 4.69) is 18.8 Å². The smallest absolute Gasteiger partial charge is 0.294 e. The minimum Gasteiger partial charge on any atom is -0.503 e. The molecule has 4 rings (SSSR count). The minimum atomic E-state index is -0.696. The van der Waals surface area contributed by atoms with Gasteiger partial charge < -0.3 is 5.11 Å². The van der Waals surface area contributed by atoms with Gasteiger partial charge in [-0.25, -0.2) is 0 Å². The molecule has 0 bridgehead atoms. The second kappa shape index (κ2) is 9.18. The molecule has 5 heteroatoms. The molecule has 1 aliphatic rings. The Morgan fingerprint density at radius 2 is 1.66 bits per heavy atom. The predicted octanol–water partition coefficient (Wildman–Crippen LogP) is 5.31. The number of carbonyl (C=O) groups is 2. The van der Waals surface area contributed by atoms with Crippen LogP contribution in [0.1, 0.15) is 48.9 Å². The SMILES string of the molecule is CC(C)c1ccc(N2C(=O)C(O)=C(C(=O)CCc3ccccc3)C2c2ccncc2)cc1. The van der Waals surface area contributed by atoms with E-state index in [0.717, 1.165) is 16.7 Å². The van der Waals surface area contributed by atoms with E-state index < -0.39 is 17.7 Å². The lowest BCUT2D eigenvalue weighted by molar-refractivity contribution is -0.118. The van der Waals surface area contributed by atoms with Gasteiger partial charge in [0.25, 0.3) is 5.91 Å². The Morgan fingerprint density at radius 1 is 1.00 bits per heavy atom. The Balaban J connectivity index is 1.69. The van der Waals surface area contributed by atoms with Gasteiger partial charge in [-0.05, 0) is 53.3 Å². The van der Waals surface area contributed by atoms with Crippen LogP contribution < -0.4 is 4.90 Å². The third kappa shape index (κ3) is 4.19. The fraction of sp³-hybridized carbons (Fsp3) is 0.222. The number of benzene rings is 2. The van der Waals surface area contributed by atoms with Gasteiger partial charge in [-0.15, -0.1) is 0 Å². The van der Waals surface area contributed by atoms with Gasteiger partial charge in [0.05, 0.1) is 11.6 Å². The summed E-state index contributed by atoms with van der Waals surface area (Å²) in [4.78, 5) is 32.0. The number of hydrogen-bond acceptors (Lipinski definition) is 4. The van der Waals surface area contributed by atoms with E-state index in [0.29, 0.717) is 18.0 Å². The molecule has 3 aromatic rings. The van der Waals surface area contributed by atoms with E-state index in [-0.39, 0.29) is 17.8 Å². The number of aliphatic hydroxyl groups excluding tert-OH is 1. The van der Waals surface area contributed by atoms with Crippen LogP contribution in [0.5, 0.6) is 0 Å². The molecule has 1 N–H and O–H groups in total. The lowest BCUT2D eigenvalue weighted by Crippen LogP contribution is -2.31. The third-order valence-electron chi connectivity index (χ3n) is 5.85. The highest BCUT2D eigenvalue weighted by Gasteiger charge is 2.44. The molecule has 2 aromatic carbocycles. The molecule has 1 aromatic heterocycles. The molecule has 162 valence electrons. The molecule has 0 saturated carbocycles. The van der Waals surface area contributed by atoms with Crippen molar-refractivity contribution >= 4 is 17.4 Å². The van der Waals surface area contributed by atoms with Crippen molar-refractivity contribution in [2.75, 3.05) is 4.90 Å². The standard InChI is InChI=1S/C27H26N2O3/c1-18(2)20-9-11-22(12-10-20)29-25(21-14-16-28-17-15-21)24(26(31)27(29)32)23(30)13-8-19-6-4-3-5-7-19/h3-7,9-12,14-18,25,31H,8,13H2,1-2H3. The lowest BCUT2D eigenvalue weighted by Gasteiger charge is -2.27. The van der Waals surface area contributed by atoms with Crippen LogP contribution in [0.25, 0.3) is 0 Å². The van der Waals surface area contributed by atoms with E-state index >= 15 is 0 Å². The normalized spacial score (nSPS) is 16.2. The van der Waals surface area contributed by atoms with Gasteiger partial charge in [-0.2, -0.15) is 0 Å². The molecule has 0 aliphatic carbocycles. The van der Waals surface area contributed by atoms with Gasteiger partial charge in [0.15, 0.2) is 11.5 Å². The maximum absolute atomic E-state index is 13.3. The van der Waals surface area contributed by atoms with Crippen molar-refractivity contribution < 1.29 is 14.7 Å². The van der Waals surface area contributed by atoms with E-state index in [1.54, 1.807) is 24.5 Å². The van der Waals surface area contributed by atoms with E-state index in [9.17, 15) is 14.7 Å². The number of aryl methyl sites for hydroxylation is 1. The Labute approximate surface area is 188 Å². The molecule has 0 saturated heterocycles. The summed E-state index contributed by atoms with van der Waals surface area (Å²) >= 11 is 0. The molecular weight excluding hydrogens is 400 g/mol. The zero-order valence-corrected chi connectivity index (χ0v) is 18.2. The van der Waals surface area contributed by atoms with Gasteiger partial charge in [-0.1, -0.05) is 56.3 Å². The van der Waals surface area contributed by atoms with Crippen molar-refractivity contribution in [2.45, 2.75) is 38.6 Å². The fourth-order valence-corrected chi connectivity index (χ4v) is 4.07. The number of Topliss-reactive ketones (excluding diaryl/α,β-unsaturated/α-hetero) is 1. The van der Waals surface area contributed by atoms with Gasteiger partial charge in [0, 0.05) is 24.5 Å². The summed E-state index contributed by atoms with van der Waals surface area (Å²) in [5.41, 5.74) is 3.70. The molecule has 0 radical (unpaired) electrons. The number of amides is 1. The molecule has 1 atom stereocenters. The Hall–Kier alpha value is -3.73. The summed E-state index contributed by atoms with van der Waals surface area (Å²) in [6.07, 6.45) is 4.00. The third-order valence-corrected chi connectivity index (χ3v) is 5.85. The van der Waals surface area contributed by atoms with Crippen LogP contribution >= 0.6 is 0 Å². The molecule has 32 heavy (non-hydrogen) atoms. The number of hydrogen-bond donors (Lipinski definition) is 1. The van der Waals surface area contributed by atoms with Crippen molar-refractivity contribution in [3.8, 4) is 0 Å². The first kappa shape index (κ1) is 21.5. The molecule has 0 spiro atoms. The highest BCUT2D eigenvalue weighted by Crippen LogP contribution is 2.41. The number of pyridine rings is 1. The molecule has 1 amide bonds. The zero-order chi connectivity index (χ0) is 22.7. The van der Waals surface area contributed by atoms with Gasteiger partial charge in [-0.3, -0.25) is 19.5 Å². The first-order chi connectivity index (χ1) is 15.5.